The Bertz CT molecular complexity index is 3860. The van der Waals surface area contributed by atoms with E-state index in [9.17, 15) is 0 Å². The van der Waals surface area contributed by atoms with E-state index in [0.717, 1.165) is 55.6 Å². The molecule has 2 heterocycles. The average molecular weight is 817 g/mol. The first-order valence-electron chi connectivity index (χ1n) is 22.0. The van der Waals surface area contributed by atoms with Crippen molar-refractivity contribution < 1.29 is 4.42 Å². The SMILES string of the molecule is CC1(C)c2cc3ccccc3cc2-c2c(-c3cc(-c4ccc5cc(-c6ccc(-c7cccc8oc9ccc%10ccccc%10c9c78)cc6)ccc5c4)nc(-c4ccccc4)n3)cccc21. The van der Waals surface area contributed by atoms with Gasteiger partial charge >= 0.3 is 0 Å². The normalized spacial score (nSPS) is 13.0. The van der Waals surface area contributed by atoms with E-state index in [2.05, 4.69) is 214 Å². The summed E-state index contributed by atoms with van der Waals surface area (Å²) in [6.45, 7) is 4.69. The molecule has 0 N–H and O–H groups in total. The van der Waals surface area contributed by atoms with Gasteiger partial charge < -0.3 is 4.42 Å². The third kappa shape index (κ3) is 5.67. The molecule has 0 bridgehead atoms. The number of hydrogen-bond donors (Lipinski definition) is 0. The van der Waals surface area contributed by atoms with Gasteiger partial charge in [0, 0.05) is 32.9 Å². The topological polar surface area (TPSA) is 38.9 Å². The molecule has 0 amide bonds. The summed E-state index contributed by atoms with van der Waals surface area (Å²) in [4.78, 5) is 10.6. The van der Waals surface area contributed by atoms with Gasteiger partial charge in [-0.2, -0.15) is 0 Å². The van der Waals surface area contributed by atoms with Crippen LogP contribution in [0.4, 0.5) is 0 Å². The molecule has 13 rings (SSSR count). The van der Waals surface area contributed by atoms with Crippen molar-refractivity contribution in [3.63, 3.8) is 0 Å². The minimum Gasteiger partial charge on any atom is -0.456 e. The maximum absolute atomic E-state index is 6.38. The van der Waals surface area contributed by atoms with Crippen molar-refractivity contribution in [2.24, 2.45) is 0 Å². The molecule has 0 fully saturated rings. The molecule has 0 aliphatic heterocycles. The monoisotopic (exact) mass is 816 g/mol. The molecule has 10 aromatic carbocycles. The first-order chi connectivity index (χ1) is 31.4. The number of hydrogen-bond acceptors (Lipinski definition) is 3. The zero-order valence-corrected chi connectivity index (χ0v) is 35.4. The van der Waals surface area contributed by atoms with Crippen LogP contribution in [0.5, 0.6) is 0 Å². The van der Waals surface area contributed by atoms with Gasteiger partial charge in [-0.25, -0.2) is 9.97 Å². The Labute approximate surface area is 371 Å². The third-order valence-electron chi connectivity index (χ3n) is 13.7. The molecule has 2 aromatic heterocycles. The number of benzene rings is 10. The highest BCUT2D eigenvalue weighted by molar-refractivity contribution is 6.22. The Morgan fingerprint density at radius 2 is 0.969 bits per heavy atom. The molecule has 0 saturated carbocycles. The van der Waals surface area contributed by atoms with Crippen molar-refractivity contribution in [1.82, 2.24) is 9.97 Å². The number of rotatable bonds is 5. The molecule has 0 spiro atoms. The molecule has 64 heavy (non-hydrogen) atoms. The van der Waals surface area contributed by atoms with E-state index in [1.54, 1.807) is 0 Å². The highest BCUT2D eigenvalue weighted by atomic mass is 16.3. The molecular formula is C61H40N2O. The summed E-state index contributed by atoms with van der Waals surface area (Å²) >= 11 is 0. The predicted octanol–water partition coefficient (Wildman–Crippen LogP) is 16.5. The number of furan rings is 1. The second-order valence-corrected chi connectivity index (χ2v) is 17.7. The first-order valence-corrected chi connectivity index (χ1v) is 22.0. The summed E-state index contributed by atoms with van der Waals surface area (Å²) in [5.74, 6) is 0.714. The lowest BCUT2D eigenvalue weighted by Crippen LogP contribution is -2.14. The largest absolute Gasteiger partial charge is 0.456 e. The van der Waals surface area contributed by atoms with Crippen LogP contribution in [-0.4, -0.2) is 9.97 Å². The van der Waals surface area contributed by atoms with Gasteiger partial charge in [-0.15, -0.1) is 0 Å². The molecule has 0 saturated heterocycles. The van der Waals surface area contributed by atoms with Gasteiger partial charge in [0.25, 0.3) is 0 Å². The average Bonchev–Trinajstić information content (AvgIpc) is 3.85. The van der Waals surface area contributed by atoms with Crippen LogP contribution in [0.25, 0.3) is 122 Å². The maximum atomic E-state index is 6.38. The molecule has 12 aromatic rings. The fourth-order valence-electron chi connectivity index (χ4n) is 10.4. The van der Waals surface area contributed by atoms with Gasteiger partial charge in [-0.1, -0.05) is 178 Å². The minimum absolute atomic E-state index is 0.151. The second-order valence-electron chi connectivity index (χ2n) is 17.7. The lowest BCUT2D eigenvalue weighted by Gasteiger charge is -2.22. The van der Waals surface area contributed by atoms with Crippen molar-refractivity contribution >= 4 is 54.3 Å². The van der Waals surface area contributed by atoms with Gasteiger partial charge in [0.1, 0.15) is 11.2 Å². The molecule has 0 unspecified atom stereocenters. The van der Waals surface area contributed by atoms with Gasteiger partial charge in [0.05, 0.1) is 11.4 Å². The van der Waals surface area contributed by atoms with E-state index < -0.39 is 0 Å². The summed E-state index contributed by atoms with van der Waals surface area (Å²) in [6.07, 6.45) is 0. The summed E-state index contributed by atoms with van der Waals surface area (Å²) in [5.41, 5.74) is 16.6. The Balaban J connectivity index is 0.881. The first kappa shape index (κ1) is 36.5. The van der Waals surface area contributed by atoms with Gasteiger partial charge in [0.2, 0.25) is 0 Å². The van der Waals surface area contributed by atoms with E-state index in [4.69, 9.17) is 14.4 Å². The summed E-state index contributed by atoms with van der Waals surface area (Å²) in [5, 5.41) is 9.60. The Kier molecular flexibility index (Phi) is 7.95. The zero-order chi connectivity index (χ0) is 42.5. The van der Waals surface area contributed by atoms with Crippen LogP contribution in [0.15, 0.2) is 211 Å². The van der Waals surface area contributed by atoms with Crippen LogP contribution in [0, 0.1) is 0 Å². The van der Waals surface area contributed by atoms with E-state index in [0.29, 0.717) is 5.82 Å². The highest BCUT2D eigenvalue weighted by Crippen LogP contribution is 2.53. The lowest BCUT2D eigenvalue weighted by atomic mass is 9.81. The lowest BCUT2D eigenvalue weighted by molar-refractivity contribution is 0.661. The summed E-state index contributed by atoms with van der Waals surface area (Å²) in [6, 6.07) is 74.2. The van der Waals surface area contributed by atoms with Crippen LogP contribution >= 0.6 is 0 Å². The molecule has 0 radical (unpaired) electrons. The Morgan fingerprint density at radius 3 is 1.80 bits per heavy atom. The molecule has 3 nitrogen and oxygen atoms in total. The molecule has 1 aliphatic carbocycles. The predicted molar refractivity (Wildman–Crippen MR) is 267 cm³/mol. The standard InChI is InChI=1S/C61H40N2O/c1-61(2)51-20-10-19-49(57(51)50-34-41-15-6-7-16-42(41)35-52(50)61)54-36-53(62-60(63-54)40-13-4-3-5-14-40)46-29-28-44-32-43(26-27-45(44)33-46)37-22-24-39(25-23-37)48-18-11-21-55-58(48)59-47-17-9-8-12-38(47)30-31-56(59)64-55/h3-36H,1-2H3. The molecular weight excluding hydrogens is 777 g/mol. The van der Waals surface area contributed by atoms with E-state index in [1.807, 2.05) is 6.07 Å². The molecule has 1 aliphatic rings. The van der Waals surface area contributed by atoms with Crippen LogP contribution in [0.2, 0.25) is 0 Å². The number of aromatic nitrogens is 2. The fourth-order valence-corrected chi connectivity index (χ4v) is 10.4. The van der Waals surface area contributed by atoms with Crippen molar-refractivity contribution in [2.45, 2.75) is 19.3 Å². The number of fused-ring (bicyclic) bond motifs is 10. The van der Waals surface area contributed by atoms with Crippen LogP contribution in [0.3, 0.4) is 0 Å². The van der Waals surface area contributed by atoms with Gasteiger partial charge in [0.15, 0.2) is 5.82 Å². The zero-order valence-electron chi connectivity index (χ0n) is 35.4. The smallest absolute Gasteiger partial charge is 0.160 e. The van der Waals surface area contributed by atoms with Crippen molar-refractivity contribution in [3.8, 4) is 67.3 Å². The van der Waals surface area contributed by atoms with E-state index in [-0.39, 0.29) is 5.41 Å². The van der Waals surface area contributed by atoms with Crippen LogP contribution in [-0.2, 0) is 5.41 Å². The molecule has 300 valence electrons. The van der Waals surface area contributed by atoms with Crippen molar-refractivity contribution in [1.29, 1.82) is 0 Å². The summed E-state index contributed by atoms with van der Waals surface area (Å²) < 4.78 is 6.38. The van der Waals surface area contributed by atoms with E-state index in [1.165, 1.54) is 71.3 Å². The van der Waals surface area contributed by atoms with Crippen molar-refractivity contribution in [2.75, 3.05) is 0 Å². The summed E-state index contributed by atoms with van der Waals surface area (Å²) in [7, 11) is 0. The van der Waals surface area contributed by atoms with Gasteiger partial charge in [-0.3, -0.25) is 0 Å². The Hall–Kier alpha value is -8.14. The third-order valence-corrected chi connectivity index (χ3v) is 13.7. The Morgan fingerprint density at radius 1 is 0.359 bits per heavy atom. The maximum Gasteiger partial charge on any atom is 0.160 e. The molecule has 0 atom stereocenters. The fraction of sp³-hybridized carbons (Fsp3) is 0.0492. The van der Waals surface area contributed by atoms with Crippen LogP contribution < -0.4 is 0 Å². The molecule has 3 heteroatoms. The van der Waals surface area contributed by atoms with Gasteiger partial charge in [-0.05, 0) is 119 Å². The second kappa shape index (κ2) is 13.9. The number of nitrogens with zero attached hydrogens (tertiary/aromatic N) is 2. The van der Waals surface area contributed by atoms with Crippen molar-refractivity contribution in [3.05, 3.63) is 217 Å². The van der Waals surface area contributed by atoms with E-state index >= 15 is 0 Å². The van der Waals surface area contributed by atoms with Crippen LogP contribution in [0.1, 0.15) is 25.0 Å². The quantitative estimate of drug-likeness (QED) is 0.174. The minimum atomic E-state index is -0.151. The highest BCUT2D eigenvalue weighted by Gasteiger charge is 2.37.